The summed E-state index contributed by atoms with van der Waals surface area (Å²) in [7, 11) is 1.66. The lowest BCUT2D eigenvalue weighted by Gasteiger charge is -2.37. The zero-order valence-corrected chi connectivity index (χ0v) is 13.8. The molecule has 0 amide bonds. The second-order valence-corrected chi connectivity index (χ2v) is 5.97. The van der Waals surface area contributed by atoms with Crippen molar-refractivity contribution in [3.05, 3.63) is 28.8 Å². The molecule has 0 spiro atoms. The number of carboxylic acids is 1. The molecule has 0 aromatic heterocycles. The van der Waals surface area contributed by atoms with E-state index in [1.165, 1.54) is 0 Å². The summed E-state index contributed by atoms with van der Waals surface area (Å²) in [4.78, 5) is 15.6. The van der Waals surface area contributed by atoms with Crippen molar-refractivity contribution in [2.75, 3.05) is 33.3 Å². The maximum atomic E-state index is 11.2. The predicted molar refractivity (Wildman–Crippen MR) is 86.6 cm³/mol. The number of rotatable bonds is 6. The van der Waals surface area contributed by atoms with Gasteiger partial charge in [0.2, 0.25) is 0 Å². The van der Waals surface area contributed by atoms with E-state index in [1.54, 1.807) is 7.11 Å². The topological polar surface area (TPSA) is 53.0 Å². The Morgan fingerprint density at radius 1 is 1.36 bits per heavy atom. The lowest BCUT2D eigenvalue weighted by atomic mass is 10.1. The number of piperazine rings is 1. The number of aliphatic carboxylic acids is 1. The molecule has 0 radical (unpaired) electrons. The van der Waals surface area contributed by atoms with Crippen LogP contribution >= 0.6 is 11.6 Å². The van der Waals surface area contributed by atoms with E-state index >= 15 is 0 Å². The van der Waals surface area contributed by atoms with E-state index in [2.05, 4.69) is 4.90 Å². The second-order valence-electron chi connectivity index (χ2n) is 5.53. The van der Waals surface area contributed by atoms with E-state index in [9.17, 15) is 9.90 Å². The quantitative estimate of drug-likeness (QED) is 0.869. The van der Waals surface area contributed by atoms with Crippen LogP contribution in [0.3, 0.4) is 0 Å². The van der Waals surface area contributed by atoms with Crippen molar-refractivity contribution in [2.24, 2.45) is 0 Å². The van der Waals surface area contributed by atoms with Gasteiger partial charge in [-0.05, 0) is 24.6 Å². The van der Waals surface area contributed by atoms with Gasteiger partial charge in [0.25, 0.3) is 0 Å². The third-order valence-electron chi connectivity index (χ3n) is 4.16. The van der Waals surface area contributed by atoms with Gasteiger partial charge in [-0.1, -0.05) is 18.5 Å². The van der Waals surface area contributed by atoms with Crippen LogP contribution in [0, 0.1) is 0 Å². The van der Waals surface area contributed by atoms with Crippen LogP contribution in [0.4, 0.5) is 0 Å². The minimum absolute atomic E-state index is 0.372. The van der Waals surface area contributed by atoms with Gasteiger partial charge in [0, 0.05) is 43.3 Å². The summed E-state index contributed by atoms with van der Waals surface area (Å²) in [5, 5.41) is 9.94. The Kier molecular flexibility index (Phi) is 6.06. The maximum absolute atomic E-state index is 11.2. The molecular weight excluding hydrogens is 304 g/mol. The van der Waals surface area contributed by atoms with E-state index in [-0.39, 0.29) is 6.04 Å². The molecule has 1 aliphatic rings. The molecule has 2 rings (SSSR count). The van der Waals surface area contributed by atoms with E-state index in [0.29, 0.717) is 11.4 Å². The van der Waals surface area contributed by atoms with Crippen molar-refractivity contribution < 1.29 is 14.6 Å². The fourth-order valence-corrected chi connectivity index (χ4v) is 3.13. The molecule has 1 fully saturated rings. The first-order valence-corrected chi connectivity index (χ1v) is 7.94. The molecule has 1 aliphatic heterocycles. The summed E-state index contributed by atoms with van der Waals surface area (Å²) in [6.45, 7) is 5.92. The van der Waals surface area contributed by atoms with E-state index < -0.39 is 5.97 Å². The number of benzene rings is 1. The van der Waals surface area contributed by atoms with Crippen molar-refractivity contribution in [3.8, 4) is 5.75 Å². The molecule has 1 aromatic carbocycles. The van der Waals surface area contributed by atoms with E-state index in [1.807, 2.05) is 30.0 Å². The smallest absolute Gasteiger partial charge is 0.320 e. The standard InChI is InChI=1S/C16H23ClN2O3/c1-3-14(16(20)21)19-8-6-18(7-9-19)11-12-10-13(17)4-5-15(12)22-2/h4-5,10,14H,3,6-9,11H2,1-2H3,(H,20,21). The highest BCUT2D eigenvalue weighted by Gasteiger charge is 2.27. The Hall–Kier alpha value is -1.30. The number of carbonyl (C=O) groups is 1. The molecule has 1 heterocycles. The Labute approximate surface area is 136 Å². The summed E-state index contributed by atoms with van der Waals surface area (Å²) in [6.07, 6.45) is 0.636. The summed E-state index contributed by atoms with van der Waals surface area (Å²) in [5.41, 5.74) is 1.06. The molecule has 0 saturated carbocycles. The maximum Gasteiger partial charge on any atom is 0.320 e. The molecule has 6 heteroatoms. The van der Waals surface area contributed by atoms with Crippen LogP contribution in [0.25, 0.3) is 0 Å². The lowest BCUT2D eigenvalue weighted by Crippen LogP contribution is -2.52. The average molecular weight is 327 g/mol. The molecule has 1 atom stereocenters. The molecule has 5 nitrogen and oxygen atoms in total. The second kappa shape index (κ2) is 7.81. The Balaban J connectivity index is 1.95. The molecular formula is C16H23ClN2O3. The van der Waals surface area contributed by atoms with Crippen molar-refractivity contribution >= 4 is 17.6 Å². The molecule has 122 valence electrons. The monoisotopic (exact) mass is 326 g/mol. The fourth-order valence-electron chi connectivity index (χ4n) is 2.93. The van der Waals surface area contributed by atoms with Crippen molar-refractivity contribution in [1.82, 2.24) is 9.80 Å². The Bertz CT molecular complexity index is 516. The fraction of sp³-hybridized carbons (Fsp3) is 0.562. The zero-order valence-electron chi connectivity index (χ0n) is 13.1. The molecule has 22 heavy (non-hydrogen) atoms. The van der Waals surface area contributed by atoms with Gasteiger partial charge in [-0.2, -0.15) is 0 Å². The number of halogens is 1. The third kappa shape index (κ3) is 4.12. The zero-order chi connectivity index (χ0) is 16.1. The summed E-state index contributed by atoms with van der Waals surface area (Å²) in [6, 6.07) is 5.26. The van der Waals surface area contributed by atoms with Gasteiger partial charge in [0.15, 0.2) is 0 Å². The van der Waals surface area contributed by atoms with Crippen LogP contribution in [0.1, 0.15) is 18.9 Å². The van der Waals surface area contributed by atoms with Crippen LogP contribution in [-0.2, 0) is 11.3 Å². The van der Waals surface area contributed by atoms with Gasteiger partial charge in [0.1, 0.15) is 11.8 Å². The van der Waals surface area contributed by atoms with Gasteiger partial charge < -0.3 is 9.84 Å². The van der Waals surface area contributed by atoms with Crippen LogP contribution in [0.15, 0.2) is 18.2 Å². The summed E-state index contributed by atoms with van der Waals surface area (Å²) in [5.74, 6) is 0.108. The van der Waals surface area contributed by atoms with Crippen molar-refractivity contribution in [2.45, 2.75) is 25.9 Å². The molecule has 1 aromatic rings. The molecule has 1 saturated heterocycles. The van der Waals surface area contributed by atoms with E-state index in [4.69, 9.17) is 16.3 Å². The van der Waals surface area contributed by atoms with Crippen molar-refractivity contribution in [1.29, 1.82) is 0 Å². The first kappa shape index (κ1) is 17.1. The van der Waals surface area contributed by atoms with Crippen LogP contribution < -0.4 is 4.74 Å². The number of methoxy groups -OCH3 is 1. The van der Waals surface area contributed by atoms with Crippen molar-refractivity contribution in [3.63, 3.8) is 0 Å². The predicted octanol–water partition coefficient (Wildman–Crippen LogP) is 2.33. The first-order valence-electron chi connectivity index (χ1n) is 7.56. The number of hydrogen-bond acceptors (Lipinski definition) is 4. The third-order valence-corrected chi connectivity index (χ3v) is 4.39. The number of hydrogen-bond donors (Lipinski definition) is 1. The summed E-state index contributed by atoms with van der Waals surface area (Å²) < 4.78 is 5.38. The summed E-state index contributed by atoms with van der Waals surface area (Å²) >= 11 is 6.06. The Morgan fingerprint density at radius 3 is 2.59 bits per heavy atom. The number of ether oxygens (including phenoxy) is 1. The van der Waals surface area contributed by atoms with E-state index in [0.717, 1.165) is 44.0 Å². The highest BCUT2D eigenvalue weighted by molar-refractivity contribution is 6.30. The normalized spacial score (nSPS) is 18.1. The number of nitrogens with zero attached hydrogens (tertiary/aromatic N) is 2. The minimum atomic E-state index is -0.729. The molecule has 0 bridgehead atoms. The molecule has 0 aliphatic carbocycles. The Morgan fingerprint density at radius 2 is 2.05 bits per heavy atom. The molecule has 1 N–H and O–H groups in total. The van der Waals surface area contributed by atoms with Gasteiger partial charge in [-0.25, -0.2) is 0 Å². The highest BCUT2D eigenvalue weighted by atomic mass is 35.5. The molecule has 1 unspecified atom stereocenters. The van der Waals surface area contributed by atoms with Gasteiger partial charge in [0.05, 0.1) is 7.11 Å². The van der Waals surface area contributed by atoms with Gasteiger partial charge in [-0.3, -0.25) is 14.6 Å². The number of carboxylic acid groups (broad SMARTS) is 1. The van der Waals surface area contributed by atoms with Gasteiger partial charge in [-0.15, -0.1) is 0 Å². The largest absolute Gasteiger partial charge is 0.496 e. The van der Waals surface area contributed by atoms with Crippen LogP contribution in [0.5, 0.6) is 5.75 Å². The van der Waals surface area contributed by atoms with Crippen LogP contribution in [-0.4, -0.2) is 60.2 Å². The highest BCUT2D eigenvalue weighted by Crippen LogP contribution is 2.24. The van der Waals surface area contributed by atoms with Gasteiger partial charge >= 0.3 is 5.97 Å². The first-order chi connectivity index (χ1) is 10.5. The van der Waals surface area contributed by atoms with Crippen LogP contribution in [0.2, 0.25) is 5.02 Å². The SMILES string of the molecule is CCC(C(=O)O)N1CCN(Cc2cc(Cl)ccc2OC)CC1. The lowest BCUT2D eigenvalue weighted by molar-refractivity contribution is -0.144. The average Bonchev–Trinajstić information content (AvgIpc) is 2.49. The minimum Gasteiger partial charge on any atom is -0.496 e.